The van der Waals surface area contributed by atoms with Crippen molar-refractivity contribution in [3.63, 3.8) is 0 Å². The highest BCUT2D eigenvalue weighted by atomic mass is 16.5. The quantitative estimate of drug-likeness (QED) is 0.764. The van der Waals surface area contributed by atoms with Crippen molar-refractivity contribution in [1.29, 1.82) is 0 Å². The number of carbonyl (C=O) groups excluding carboxylic acids is 2. The third kappa shape index (κ3) is 4.74. The number of hydrogen-bond acceptors (Lipinski definition) is 3. The summed E-state index contributed by atoms with van der Waals surface area (Å²) in [6, 6.07) is 13.1. The van der Waals surface area contributed by atoms with Crippen LogP contribution in [0.2, 0.25) is 0 Å². The number of anilines is 2. The van der Waals surface area contributed by atoms with E-state index in [-0.39, 0.29) is 5.91 Å². The molecule has 0 saturated carbocycles. The molecule has 6 nitrogen and oxygen atoms in total. The second kappa shape index (κ2) is 7.84. The standard InChI is InChI=1S/C17H19N3O3/c1-2-10-23-15-9-4-3-8-14(15)20-16(21)12-6-5-7-13(11-12)19-17(18)22/h3-9,11H,2,10H2,1H3,(H,20,21)(H3,18,19,22). The van der Waals surface area contributed by atoms with Crippen molar-refractivity contribution in [3.05, 3.63) is 54.1 Å². The molecule has 0 aromatic heterocycles. The van der Waals surface area contributed by atoms with Crippen molar-refractivity contribution in [2.45, 2.75) is 13.3 Å². The number of nitrogens with one attached hydrogen (secondary N) is 2. The lowest BCUT2D eigenvalue weighted by molar-refractivity contribution is 0.102. The van der Waals surface area contributed by atoms with E-state index in [0.29, 0.717) is 29.3 Å². The zero-order valence-electron chi connectivity index (χ0n) is 12.8. The first-order chi connectivity index (χ1) is 11.1. The highest BCUT2D eigenvalue weighted by Crippen LogP contribution is 2.24. The molecule has 0 unspecified atom stereocenters. The van der Waals surface area contributed by atoms with Gasteiger partial charge in [0.05, 0.1) is 12.3 Å². The molecular weight excluding hydrogens is 294 g/mol. The lowest BCUT2D eigenvalue weighted by Gasteiger charge is -2.12. The Hall–Kier alpha value is -3.02. The molecule has 2 aromatic carbocycles. The number of amides is 3. The van der Waals surface area contributed by atoms with Crippen LogP contribution in [0.15, 0.2) is 48.5 Å². The molecule has 0 bridgehead atoms. The van der Waals surface area contributed by atoms with Gasteiger partial charge in [-0.15, -0.1) is 0 Å². The van der Waals surface area contributed by atoms with Gasteiger partial charge in [-0.2, -0.15) is 0 Å². The number of ether oxygens (including phenoxy) is 1. The van der Waals surface area contributed by atoms with Crippen LogP contribution in [0, 0.1) is 0 Å². The van der Waals surface area contributed by atoms with E-state index >= 15 is 0 Å². The van der Waals surface area contributed by atoms with Crippen molar-refractivity contribution in [3.8, 4) is 5.75 Å². The average molecular weight is 313 g/mol. The Morgan fingerprint density at radius 1 is 1.09 bits per heavy atom. The monoisotopic (exact) mass is 313 g/mol. The summed E-state index contributed by atoms with van der Waals surface area (Å²) in [6.45, 7) is 2.59. The van der Waals surface area contributed by atoms with Crippen LogP contribution in [0.3, 0.4) is 0 Å². The minimum absolute atomic E-state index is 0.300. The molecule has 3 amide bonds. The molecule has 0 aliphatic rings. The van der Waals surface area contributed by atoms with E-state index in [2.05, 4.69) is 10.6 Å². The fraction of sp³-hybridized carbons (Fsp3) is 0.176. The minimum Gasteiger partial charge on any atom is -0.491 e. The number of rotatable bonds is 6. The topological polar surface area (TPSA) is 93.4 Å². The number of para-hydroxylation sites is 2. The van der Waals surface area contributed by atoms with Crippen LogP contribution in [-0.2, 0) is 0 Å². The van der Waals surface area contributed by atoms with Gasteiger partial charge in [0.2, 0.25) is 0 Å². The zero-order valence-corrected chi connectivity index (χ0v) is 12.8. The number of nitrogens with two attached hydrogens (primary N) is 1. The first-order valence-corrected chi connectivity index (χ1v) is 7.30. The van der Waals surface area contributed by atoms with Gasteiger partial charge in [-0.1, -0.05) is 25.1 Å². The zero-order chi connectivity index (χ0) is 16.7. The van der Waals surface area contributed by atoms with E-state index in [0.717, 1.165) is 6.42 Å². The van der Waals surface area contributed by atoms with Crippen LogP contribution in [-0.4, -0.2) is 18.5 Å². The molecule has 0 spiro atoms. The first kappa shape index (κ1) is 16.4. The van der Waals surface area contributed by atoms with Gasteiger partial charge in [-0.25, -0.2) is 4.79 Å². The molecule has 0 aliphatic heterocycles. The van der Waals surface area contributed by atoms with Gasteiger partial charge in [0.15, 0.2) is 0 Å². The largest absolute Gasteiger partial charge is 0.491 e. The summed E-state index contributed by atoms with van der Waals surface area (Å²) >= 11 is 0. The van der Waals surface area contributed by atoms with E-state index in [4.69, 9.17) is 10.5 Å². The smallest absolute Gasteiger partial charge is 0.316 e. The van der Waals surface area contributed by atoms with E-state index in [9.17, 15) is 9.59 Å². The van der Waals surface area contributed by atoms with E-state index in [1.54, 1.807) is 36.4 Å². The van der Waals surface area contributed by atoms with Crippen LogP contribution >= 0.6 is 0 Å². The lowest BCUT2D eigenvalue weighted by Crippen LogP contribution is -2.20. The van der Waals surface area contributed by atoms with Gasteiger partial charge in [-0.3, -0.25) is 4.79 Å². The SMILES string of the molecule is CCCOc1ccccc1NC(=O)c1cccc(NC(N)=O)c1. The summed E-state index contributed by atoms with van der Waals surface area (Å²) in [5, 5.41) is 5.25. The Morgan fingerprint density at radius 2 is 1.87 bits per heavy atom. The molecule has 0 aliphatic carbocycles. The van der Waals surface area contributed by atoms with Crippen LogP contribution in [0.5, 0.6) is 5.75 Å². The number of carbonyl (C=O) groups is 2. The van der Waals surface area contributed by atoms with Gasteiger partial charge in [0.25, 0.3) is 5.91 Å². The summed E-state index contributed by atoms with van der Waals surface area (Å²) in [6.07, 6.45) is 0.878. The summed E-state index contributed by atoms with van der Waals surface area (Å²) in [4.78, 5) is 23.2. The van der Waals surface area contributed by atoms with Crippen LogP contribution in [0.25, 0.3) is 0 Å². The van der Waals surface area contributed by atoms with E-state index < -0.39 is 6.03 Å². The van der Waals surface area contributed by atoms with Crippen molar-refractivity contribution in [2.75, 3.05) is 17.2 Å². The summed E-state index contributed by atoms with van der Waals surface area (Å²) in [5.74, 6) is 0.319. The maximum atomic E-state index is 12.4. The van der Waals surface area contributed by atoms with Crippen molar-refractivity contribution < 1.29 is 14.3 Å². The van der Waals surface area contributed by atoms with Crippen molar-refractivity contribution >= 4 is 23.3 Å². The van der Waals surface area contributed by atoms with Crippen molar-refractivity contribution in [2.24, 2.45) is 5.73 Å². The third-order valence-corrected chi connectivity index (χ3v) is 2.99. The van der Waals surface area contributed by atoms with Gasteiger partial charge in [-0.05, 0) is 36.8 Å². The van der Waals surface area contributed by atoms with Gasteiger partial charge >= 0.3 is 6.03 Å². The molecule has 0 saturated heterocycles. The van der Waals surface area contributed by atoms with Crippen LogP contribution < -0.4 is 21.1 Å². The summed E-state index contributed by atoms with van der Waals surface area (Å²) in [5.41, 5.74) is 6.53. The predicted molar refractivity (Wildman–Crippen MR) is 89.8 cm³/mol. The fourth-order valence-corrected chi connectivity index (χ4v) is 1.98. The number of benzene rings is 2. The summed E-state index contributed by atoms with van der Waals surface area (Å²) < 4.78 is 5.61. The lowest BCUT2D eigenvalue weighted by atomic mass is 10.2. The molecule has 0 radical (unpaired) electrons. The first-order valence-electron chi connectivity index (χ1n) is 7.30. The Bertz CT molecular complexity index is 701. The van der Waals surface area contributed by atoms with Crippen LogP contribution in [0.1, 0.15) is 23.7 Å². The maximum absolute atomic E-state index is 12.4. The molecule has 2 aromatic rings. The summed E-state index contributed by atoms with van der Waals surface area (Å²) in [7, 11) is 0. The van der Waals surface area contributed by atoms with Gasteiger partial charge in [0, 0.05) is 11.3 Å². The van der Waals surface area contributed by atoms with E-state index in [1.165, 1.54) is 0 Å². The molecule has 0 heterocycles. The van der Waals surface area contributed by atoms with Crippen molar-refractivity contribution in [1.82, 2.24) is 0 Å². The Kier molecular flexibility index (Phi) is 5.57. The van der Waals surface area contributed by atoms with Gasteiger partial charge in [0.1, 0.15) is 5.75 Å². The highest BCUT2D eigenvalue weighted by molar-refractivity contribution is 6.06. The molecule has 4 N–H and O–H groups in total. The predicted octanol–water partition coefficient (Wildman–Crippen LogP) is 3.22. The molecule has 0 fully saturated rings. The Morgan fingerprint density at radius 3 is 2.61 bits per heavy atom. The van der Waals surface area contributed by atoms with Crippen LogP contribution in [0.4, 0.5) is 16.2 Å². The fourth-order valence-electron chi connectivity index (χ4n) is 1.98. The van der Waals surface area contributed by atoms with E-state index in [1.807, 2.05) is 19.1 Å². The molecule has 120 valence electrons. The molecular formula is C17H19N3O3. The Labute approximate surface area is 134 Å². The third-order valence-electron chi connectivity index (χ3n) is 2.99. The highest BCUT2D eigenvalue weighted by Gasteiger charge is 2.10. The molecule has 2 rings (SSSR count). The second-order valence-corrected chi connectivity index (χ2v) is 4.87. The van der Waals surface area contributed by atoms with Gasteiger partial charge < -0.3 is 21.1 Å². The number of primary amides is 1. The minimum atomic E-state index is -0.680. The molecule has 6 heteroatoms. The Balaban J connectivity index is 2.14. The molecule has 0 atom stereocenters. The normalized spacial score (nSPS) is 9.96. The molecule has 23 heavy (non-hydrogen) atoms. The maximum Gasteiger partial charge on any atom is 0.316 e. The number of hydrogen-bond donors (Lipinski definition) is 3. The number of urea groups is 1. The second-order valence-electron chi connectivity index (χ2n) is 4.87. The average Bonchev–Trinajstić information content (AvgIpc) is 2.53.